The molecule has 0 saturated carbocycles. The second-order valence-electron chi connectivity index (χ2n) is 6.78. The van der Waals surface area contributed by atoms with Crippen LogP contribution in [-0.2, 0) is 4.79 Å². The van der Waals surface area contributed by atoms with Gasteiger partial charge in [0.05, 0.1) is 28.3 Å². The Morgan fingerprint density at radius 2 is 1.93 bits per heavy atom. The Bertz CT molecular complexity index is 1120. The molecule has 1 heterocycles. The third-order valence-corrected chi connectivity index (χ3v) is 5.98. The number of nitriles is 1. The number of hydrogen-bond acceptors (Lipinski definition) is 5. The molecule has 0 bridgehead atoms. The number of nitrogens with zero attached hydrogens (tertiary/aromatic N) is 1. The number of thioether (sulfide) groups is 1. The summed E-state index contributed by atoms with van der Waals surface area (Å²) < 4.78 is 13.4. The van der Waals surface area contributed by atoms with Crippen LogP contribution >= 0.6 is 23.4 Å². The van der Waals surface area contributed by atoms with Gasteiger partial charge < -0.3 is 5.32 Å². The van der Waals surface area contributed by atoms with Gasteiger partial charge in [-0.05, 0) is 43.7 Å². The van der Waals surface area contributed by atoms with Crippen molar-refractivity contribution in [1.29, 1.82) is 5.26 Å². The molecule has 1 unspecified atom stereocenters. The van der Waals surface area contributed by atoms with Crippen LogP contribution in [0.5, 0.6) is 0 Å². The number of ketones is 2. The van der Waals surface area contributed by atoms with E-state index in [1.54, 1.807) is 43.3 Å². The van der Waals surface area contributed by atoms with Crippen LogP contribution in [0.2, 0.25) is 5.02 Å². The van der Waals surface area contributed by atoms with E-state index in [9.17, 15) is 19.2 Å². The molecule has 30 heavy (non-hydrogen) atoms. The van der Waals surface area contributed by atoms with Crippen molar-refractivity contribution in [1.82, 2.24) is 5.32 Å². The van der Waals surface area contributed by atoms with Crippen molar-refractivity contribution in [3.63, 3.8) is 0 Å². The maximum Gasteiger partial charge on any atom is 0.173 e. The van der Waals surface area contributed by atoms with Crippen molar-refractivity contribution in [3.8, 4) is 6.07 Å². The largest absolute Gasteiger partial charge is 0.353 e. The lowest BCUT2D eigenvalue weighted by molar-refractivity contribution is -0.113. The van der Waals surface area contributed by atoms with E-state index < -0.39 is 11.7 Å². The molecular formula is C23H18ClFN2O2S. The molecular weight excluding hydrogens is 423 g/mol. The van der Waals surface area contributed by atoms with Gasteiger partial charge in [0.1, 0.15) is 5.82 Å². The van der Waals surface area contributed by atoms with E-state index in [4.69, 9.17) is 11.6 Å². The minimum absolute atomic E-state index is 0.0900. The number of benzene rings is 2. The van der Waals surface area contributed by atoms with Crippen LogP contribution in [0.25, 0.3) is 0 Å². The molecule has 0 spiro atoms. The topological polar surface area (TPSA) is 70.0 Å². The first-order valence-corrected chi connectivity index (χ1v) is 10.5. The van der Waals surface area contributed by atoms with Crippen molar-refractivity contribution in [2.24, 2.45) is 0 Å². The van der Waals surface area contributed by atoms with Crippen LogP contribution < -0.4 is 5.32 Å². The fourth-order valence-corrected chi connectivity index (χ4v) is 4.54. The quantitative estimate of drug-likeness (QED) is 0.610. The minimum atomic E-state index is -0.627. The van der Waals surface area contributed by atoms with Gasteiger partial charge in [0.25, 0.3) is 0 Å². The first kappa shape index (κ1) is 21.8. The van der Waals surface area contributed by atoms with Gasteiger partial charge in [0, 0.05) is 21.9 Å². The molecule has 1 aliphatic rings. The van der Waals surface area contributed by atoms with E-state index in [0.717, 1.165) is 0 Å². The molecule has 1 aliphatic heterocycles. The standard InChI is InChI=1S/C23H18ClFN2O2S/c1-13-21(14(2)28)22(15-6-8-18(25)9-7-15)19(11-26)23(27-13)30-12-20(29)16-4-3-5-17(24)10-16/h3-10,22,27H,12H2,1-2H3. The van der Waals surface area contributed by atoms with E-state index in [1.807, 2.05) is 0 Å². The number of Topliss-reactive ketones (excluding diaryl/α,β-unsaturated/α-hetero) is 2. The highest BCUT2D eigenvalue weighted by Gasteiger charge is 2.33. The Morgan fingerprint density at radius 1 is 1.23 bits per heavy atom. The predicted octanol–water partition coefficient (Wildman–Crippen LogP) is 5.38. The Kier molecular flexibility index (Phi) is 6.76. The summed E-state index contributed by atoms with van der Waals surface area (Å²) in [5, 5.41) is 14.0. The Balaban J connectivity index is 1.95. The van der Waals surface area contributed by atoms with Crippen LogP contribution in [0, 0.1) is 17.1 Å². The fraction of sp³-hybridized carbons (Fsp3) is 0.174. The molecule has 0 saturated heterocycles. The third-order valence-electron chi connectivity index (χ3n) is 4.72. The number of carbonyl (C=O) groups excluding carboxylic acids is 2. The summed E-state index contributed by atoms with van der Waals surface area (Å²) >= 11 is 7.15. The van der Waals surface area contributed by atoms with E-state index in [2.05, 4.69) is 11.4 Å². The van der Waals surface area contributed by atoms with Crippen molar-refractivity contribution >= 4 is 34.9 Å². The summed E-state index contributed by atoms with van der Waals surface area (Å²) in [6.07, 6.45) is 0. The van der Waals surface area contributed by atoms with Crippen molar-refractivity contribution in [2.45, 2.75) is 19.8 Å². The number of hydrogen-bond donors (Lipinski definition) is 1. The number of allylic oxidation sites excluding steroid dienone is 3. The molecule has 0 aliphatic carbocycles. The third kappa shape index (κ3) is 4.64. The molecule has 0 radical (unpaired) electrons. The van der Waals surface area contributed by atoms with Gasteiger partial charge in [-0.15, -0.1) is 0 Å². The van der Waals surface area contributed by atoms with Gasteiger partial charge >= 0.3 is 0 Å². The molecule has 4 nitrogen and oxygen atoms in total. The molecule has 2 aromatic rings. The average molecular weight is 441 g/mol. The van der Waals surface area contributed by atoms with E-state index in [-0.39, 0.29) is 17.3 Å². The summed E-state index contributed by atoms with van der Waals surface area (Å²) in [5.41, 5.74) is 2.49. The summed E-state index contributed by atoms with van der Waals surface area (Å²) in [4.78, 5) is 24.9. The zero-order chi connectivity index (χ0) is 21.8. The van der Waals surface area contributed by atoms with Gasteiger partial charge in [-0.25, -0.2) is 4.39 Å². The molecule has 0 fully saturated rings. The lowest BCUT2D eigenvalue weighted by Gasteiger charge is -2.29. The molecule has 3 rings (SSSR count). The number of nitrogens with one attached hydrogen (secondary N) is 1. The normalized spacial score (nSPS) is 16.2. The van der Waals surface area contributed by atoms with Crippen LogP contribution in [0.15, 0.2) is 70.4 Å². The van der Waals surface area contributed by atoms with Crippen LogP contribution in [0.3, 0.4) is 0 Å². The predicted molar refractivity (Wildman–Crippen MR) is 117 cm³/mol. The lowest BCUT2D eigenvalue weighted by Crippen LogP contribution is -2.27. The minimum Gasteiger partial charge on any atom is -0.353 e. The first-order chi connectivity index (χ1) is 14.3. The van der Waals surface area contributed by atoms with E-state index >= 15 is 0 Å². The van der Waals surface area contributed by atoms with Gasteiger partial charge in [0.2, 0.25) is 0 Å². The van der Waals surface area contributed by atoms with Crippen molar-refractivity contribution in [3.05, 3.63) is 92.4 Å². The molecule has 1 atom stereocenters. The van der Waals surface area contributed by atoms with E-state index in [0.29, 0.717) is 38.0 Å². The second-order valence-corrected chi connectivity index (χ2v) is 8.20. The molecule has 0 amide bonds. The molecule has 1 N–H and O–H groups in total. The SMILES string of the molecule is CC(=O)C1=C(C)NC(SCC(=O)c2cccc(Cl)c2)=C(C#N)C1c1ccc(F)cc1. The lowest BCUT2D eigenvalue weighted by atomic mass is 9.81. The van der Waals surface area contributed by atoms with Gasteiger partial charge in [-0.3, -0.25) is 9.59 Å². The Labute approximate surface area is 183 Å². The van der Waals surface area contributed by atoms with Crippen LogP contribution in [0.1, 0.15) is 35.7 Å². The second kappa shape index (κ2) is 9.29. The van der Waals surface area contributed by atoms with Gasteiger partial charge in [0.15, 0.2) is 11.6 Å². The summed E-state index contributed by atoms with van der Waals surface area (Å²) in [6.45, 7) is 3.19. The maximum atomic E-state index is 13.4. The first-order valence-electron chi connectivity index (χ1n) is 9.11. The highest BCUT2D eigenvalue weighted by atomic mass is 35.5. The maximum absolute atomic E-state index is 13.4. The van der Waals surface area contributed by atoms with Crippen LogP contribution in [0.4, 0.5) is 4.39 Å². The molecule has 2 aromatic carbocycles. The van der Waals surface area contributed by atoms with Gasteiger partial charge in [-0.2, -0.15) is 5.26 Å². The molecule has 0 aromatic heterocycles. The van der Waals surface area contributed by atoms with E-state index in [1.165, 1.54) is 30.8 Å². The zero-order valence-corrected chi connectivity index (χ0v) is 17.9. The van der Waals surface area contributed by atoms with Crippen LogP contribution in [-0.4, -0.2) is 17.3 Å². The average Bonchev–Trinajstić information content (AvgIpc) is 2.71. The van der Waals surface area contributed by atoms with Crippen molar-refractivity contribution < 1.29 is 14.0 Å². The molecule has 7 heteroatoms. The zero-order valence-electron chi connectivity index (χ0n) is 16.3. The summed E-state index contributed by atoms with van der Waals surface area (Å²) in [5.74, 6) is -1.25. The Morgan fingerprint density at radius 3 is 2.53 bits per heavy atom. The monoisotopic (exact) mass is 440 g/mol. The molecule has 152 valence electrons. The summed E-state index contributed by atoms with van der Waals surface area (Å²) in [7, 11) is 0. The number of dihydropyridines is 1. The number of carbonyl (C=O) groups is 2. The highest BCUT2D eigenvalue weighted by molar-refractivity contribution is 8.03. The number of rotatable bonds is 6. The summed E-state index contributed by atoms with van der Waals surface area (Å²) in [6, 6.07) is 14.6. The smallest absolute Gasteiger partial charge is 0.173 e. The van der Waals surface area contributed by atoms with Crippen molar-refractivity contribution in [2.75, 3.05) is 5.75 Å². The number of halogens is 2. The highest BCUT2D eigenvalue weighted by Crippen LogP contribution is 2.40. The Hall–Kier alpha value is -2.88. The van der Waals surface area contributed by atoms with Gasteiger partial charge in [-0.1, -0.05) is 47.6 Å². The fourth-order valence-electron chi connectivity index (χ4n) is 3.36.